The number of piperidine rings is 1. The summed E-state index contributed by atoms with van der Waals surface area (Å²) in [5.41, 5.74) is 3.75. The van der Waals surface area contributed by atoms with Crippen molar-refractivity contribution >= 4 is 40.3 Å². The van der Waals surface area contributed by atoms with Crippen LogP contribution < -0.4 is 14.4 Å². The van der Waals surface area contributed by atoms with Crippen LogP contribution in [0.2, 0.25) is 10.0 Å². The van der Waals surface area contributed by atoms with Crippen molar-refractivity contribution in [3.63, 3.8) is 0 Å². The summed E-state index contributed by atoms with van der Waals surface area (Å²) in [6.07, 6.45) is 7.51. The van der Waals surface area contributed by atoms with E-state index in [4.69, 9.17) is 32.9 Å². The van der Waals surface area contributed by atoms with Crippen LogP contribution in [0.25, 0.3) is 11.3 Å². The molecule has 1 aliphatic carbocycles. The van der Waals surface area contributed by atoms with Gasteiger partial charge >= 0.3 is 0 Å². The molecule has 1 saturated heterocycles. The summed E-state index contributed by atoms with van der Waals surface area (Å²) in [5.74, 6) is 0.682. The van der Waals surface area contributed by atoms with E-state index in [0.717, 1.165) is 49.2 Å². The molecule has 1 saturated carbocycles. The van der Waals surface area contributed by atoms with Gasteiger partial charge in [0.05, 0.1) is 28.0 Å². The molecule has 2 fully saturated rings. The van der Waals surface area contributed by atoms with Gasteiger partial charge in [0.1, 0.15) is 22.8 Å². The Hall–Kier alpha value is -1.96. The number of rotatable bonds is 7. The van der Waals surface area contributed by atoms with Crippen molar-refractivity contribution in [2.45, 2.75) is 70.3 Å². The highest BCUT2D eigenvalue weighted by molar-refractivity contribution is 7.90. The van der Waals surface area contributed by atoms with E-state index in [2.05, 4.69) is 15.7 Å². The zero-order valence-corrected chi connectivity index (χ0v) is 25.2. The molecule has 8 heteroatoms. The van der Waals surface area contributed by atoms with Crippen LogP contribution in [0.15, 0.2) is 60.8 Å². The van der Waals surface area contributed by atoms with Crippen LogP contribution >= 0.6 is 23.2 Å². The van der Waals surface area contributed by atoms with Gasteiger partial charge in [-0.15, -0.1) is 4.72 Å². The molecule has 0 amide bonds. The maximum absolute atomic E-state index is 12.9. The van der Waals surface area contributed by atoms with Gasteiger partial charge in [0.25, 0.3) is 0 Å². The molecule has 0 bridgehead atoms. The highest BCUT2D eigenvalue weighted by Gasteiger charge is 2.47. The second-order valence-electron chi connectivity index (χ2n) is 11.7. The molecule has 5 nitrogen and oxygen atoms in total. The van der Waals surface area contributed by atoms with Gasteiger partial charge in [-0.25, -0.2) is 0 Å². The van der Waals surface area contributed by atoms with E-state index in [9.17, 15) is 4.55 Å². The quantitative estimate of drug-likeness (QED) is 0.286. The number of nitrogens with one attached hydrogen (secondary N) is 1. The smallest absolute Gasteiger partial charge is 0.148 e. The summed E-state index contributed by atoms with van der Waals surface area (Å²) in [4.78, 5) is 7.24. The standard InChI is InChI=1S/C31H37Cl2N3O2S/c1-30(2,3)39(37)35-27-13-8-14-31(27)15-17-36(18-16-31)23-19-26(38-21-22-9-5-4-6-10-22)29(34-20-23)24-11-7-12-25(32)28(24)33/h4-7,9-12,19-20,27,35H,8,13-18,21H2,1-3H3/t27-,39-/m1/s1. The fourth-order valence-corrected chi connectivity index (χ4v) is 7.15. The zero-order valence-electron chi connectivity index (χ0n) is 22.9. The van der Waals surface area contributed by atoms with Crippen LogP contribution in [0.1, 0.15) is 58.4 Å². The normalized spacial score (nSPS) is 19.8. The van der Waals surface area contributed by atoms with Crippen LogP contribution in [-0.4, -0.2) is 33.4 Å². The lowest BCUT2D eigenvalue weighted by Crippen LogP contribution is -2.53. The summed E-state index contributed by atoms with van der Waals surface area (Å²) >= 11 is 11.9. The van der Waals surface area contributed by atoms with Gasteiger partial charge in [0.2, 0.25) is 0 Å². The van der Waals surface area contributed by atoms with E-state index in [-0.39, 0.29) is 10.2 Å². The fraction of sp³-hybridized carbons (Fsp3) is 0.452. The van der Waals surface area contributed by atoms with Gasteiger partial charge < -0.3 is 14.2 Å². The third-order valence-electron chi connectivity index (χ3n) is 8.12. The molecule has 5 rings (SSSR count). The SMILES string of the molecule is CC(C)(C)[S@@+]([O-])N[C@@H]1CCCC12CCN(c1cnc(-c3cccc(Cl)c3Cl)c(OCc3ccccc3)c1)CC2. The molecule has 3 aromatic rings. The van der Waals surface area contributed by atoms with E-state index in [1.165, 1.54) is 12.8 Å². The number of aromatic nitrogens is 1. The van der Waals surface area contributed by atoms with Crippen molar-refractivity contribution in [1.82, 2.24) is 9.71 Å². The Morgan fingerprint density at radius 2 is 1.82 bits per heavy atom. The van der Waals surface area contributed by atoms with Crippen LogP contribution in [0, 0.1) is 5.41 Å². The number of benzene rings is 2. The average molecular weight is 587 g/mol. The third-order valence-corrected chi connectivity index (χ3v) is 10.5. The highest BCUT2D eigenvalue weighted by atomic mass is 35.5. The van der Waals surface area contributed by atoms with Crippen LogP contribution in [0.5, 0.6) is 5.75 Å². The predicted molar refractivity (Wildman–Crippen MR) is 163 cm³/mol. The van der Waals surface area contributed by atoms with E-state index in [0.29, 0.717) is 34.1 Å². The molecule has 208 valence electrons. The van der Waals surface area contributed by atoms with E-state index >= 15 is 0 Å². The van der Waals surface area contributed by atoms with Gasteiger partial charge in [0.15, 0.2) is 0 Å². The second-order valence-corrected chi connectivity index (χ2v) is 14.5. The van der Waals surface area contributed by atoms with E-state index in [1.807, 2.05) is 69.4 Å². The maximum Gasteiger partial charge on any atom is 0.148 e. The number of anilines is 1. The molecule has 2 aromatic carbocycles. The number of nitrogens with zero attached hydrogens (tertiary/aromatic N) is 2. The van der Waals surface area contributed by atoms with Crippen molar-refractivity contribution in [3.05, 3.63) is 76.4 Å². The van der Waals surface area contributed by atoms with Crippen LogP contribution in [-0.2, 0) is 18.0 Å². The van der Waals surface area contributed by atoms with Gasteiger partial charge in [-0.3, -0.25) is 4.98 Å². The second kappa shape index (κ2) is 11.9. The Labute approximate surface area is 245 Å². The van der Waals surface area contributed by atoms with Gasteiger partial charge in [-0.05, 0) is 63.5 Å². The first kappa shape index (κ1) is 28.6. The van der Waals surface area contributed by atoms with Crippen molar-refractivity contribution in [2.24, 2.45) is 5.41 Å². The monoisotopic (exact) mass is 585 g/mol. The molecule has 2 atom stereocenters. The fourth-order valence-electron chi connectivity index (χ4n) is 5.78. The first-order valence-electron chi connectivity index (χ1n) is 13.7. The Bertz CT molecular complexity index is 1280. The van der Waals surface area contributed by atoms with Crippen molar-refractivity contribution < 1.29 is 9.29 Å². The molecule has 0 radical (unpaired) electrons. The Morgan fingerprint density at radius 1 is 1.08 bits per heavy atom. The summed E-state index contributed by atoms with van der Waals surface area (Å²) in [7, 11) is 0. The molecular formula is C31H37Cl2N3O2S. The number of hydrogen-bond acceptors (Lipinski definition) is 5. The Kier molecular flexibility index (Phi) is 8.70. The lowest BCUT2D eigenvalue weighted by molar-refractivity contribution is 0.187. The Balaban J connectivity index is 1.36. The summed E-state index contributed by atoms with van der Waals surface area (Å²) in [5, 5.41) is 0.957. The third kappa shape index (κ3) is 6.36. The Morgan fingerprint density at radius 3 is 2.54 bits per heavy atom. The molecule has 2 heterocycles. The van der Waals surface area contributed by atoms with Crippen molar-refractivity contribution in [3.8, 4) is 17.0 Å². The largest absolute Gasteiger partial charge is 0.598 e. The summed E-state index contributed by atoms with van der Waals surface area (Å²) in [6.45, 7) is 8.38. The molecular weight excluding hydrogens is 549 g/mol. The highest BCUT2D eigenvalue weighted by Crippen LogP contribution is 2.48. The maximum atomic E-state index is 12.9. The molecule has 39 heavy (non-hydrogen) atoms. The minimum absolute atomic E-state index is 0.200. The number of ether oxygens (including phenoxy) is 1. The summed E-state index contributed by atoms with van der Waals surface area (Å²) in [6, 6.07) is 18.1. The van der Waals surface area contributed by atoms with Crippen molar-refractivity contribution in [1.29, 1.82) is 0 Å². The van der Waals surface area contributed by atoms with E-state index in [1.54, 1.807) is 6.07 Å². The van der Waals surface area contributed by atoms with Crippen LogP contribution in [0.4, 0.5) is 5.69 Å². The average Bonchev–Trinajstić information content (AvgIpc) is 3.30. The minimum Gasteiger partial charge on any atom is -0.598 e. The van der Waals surface area contributed by atoms with Gasteiger partial charge in [0, 0.05) is 36.1 Å². The number of pyridine rings is 1. The summed E-state index contributed by atoms with van der Waals surface area (Å²) < 4.78 is 22.5. The molecule has 0 unspecified atom stereocenters. The first-order valence-corrected chi connectivity index (χ1v) is 15.6. The van der Waals surface area contributed by atoms with Gasteiger partial charge in [-0.2, -0.15) is 0 Å². The van der Waals surface area contributed by atoms with Crippen LogP contribution in [0.3, 0.4) is 0 Å². The lowest BCUT2D eigenvalue weighted by atomic mass is 9.74. The molecule has 2 aliphatic rings. The van der Waals surface area contributed by atoms with Crippen molar-refractivity contribution in [2.75, 3.05) is 18.0 Å². The topological polar surface area (TPSA) is 60.5 Å². The number of halogens is 2. The first-order chi connectivity index (χ1) is 18.7. The predicted octanol–water partition coefficient (Wildman–Crippen LogP) is 7.83. The van der Waals surface area contributed by atoms with Gasteiger partial charge in [-0.1, -0.05) is 72.1 Å². The molecule has 1 spiro atoms. The zero-order chi connectivity index (χ0) is 27.6. The minimum atomic E-state index is -1.06. The molecule has 1 aromatic heterocycles. The molecule has 1 N–H and O–H groups in total. The lowest BCUT2D eigenvalue weighted by Gasteiger charge is -2.44. The number of hydrogen-bond donors (Lipinski definition) is 1. The molecule has 1 aliphatic heterocycles. The van der Waals surface area contributed by atoms with E-state index < -0.39 is 11.4 Å².